The summed E-state index contributed by atoms with van der Waals surface area (Å²) in [4.78, 5) is 31.9. The predicted molar refractivity (Wildman–Crippen MR) is 336 cm³/mol. The van der Waals surface area contributed by atoms with E-state index in [-0.39, 0.29) is 6.17 Å². The first kappa shape index (κ1) is 54.1. The van der Waals surface area contributed by atoms with E-state index in [9.17, 15) is 0 Å². The molecule has 4 aliphatic rings. The topological polar surface area (TPSA) is 73.1 Å². The van der Waals surface area contributed by atoms with Crippen LogP contribution in [0.25, 0.3) is 39.7 Å². The highest BCUT2D eigenvalue weighted by molar-refractivity contribution is 6.01. The zero-order valence-electron chi connectivity index (χ0n) is 46.8. The SMILES string of the molecule is C=C/C=C(\C=C/N1C2=C(CCC(c3ccc4c(c3)Cc3ccccc3N4c3ccc(-c4nc(-c5ccccc5)nc(-c5ccccc5)n4)cc3)=C2)CC(C)=C1/C=C\C)C(=NCc1ccccc1)N(C)C(N=C)C1=CCCC=C1.CC. The van der Waals surface area contributed by atoms with Gasteiger partial charge in [0.05, 0.1) is 6.54 Å². The molecule has 0 fully saturated rings. The number of hydrogen-bond acceptors (Lipinski definition) is 7. The van der Waals surface area contributed by atoms with Gasteiger partial charge in [0, 0.05) is 70.4 Å². The number of hydrogen-bond donors (Lipinski definition) is 0. The zero-order chi connectivity index (χ0) is 55.4. The summed E-state index contributed by atoms with van der Waals surface area (Å²) in [5, 5.41) is 0. The van der Waals surface area contributed by atoms with Crippen LogP contribution in [0, 0.1) is 0 Å². The number of aromatic nitrogens is 3. The molecule has 3 heterocycles. The quantitative estimate of drug-likeness (QED) is 0.0579. The van der Waals surface area contributed by atoms with Gasteiger partial charge in [-0.15, -0.1) is 0 Å². The van der Waals surface area contributed by atoms with Crippen molar-refractivity contribution in [3.8, 4) is 34.2 Å². The highest BCUT2D eigenvalue weighted by Gasteiger charge is 2.29. The summed E-state index contributed by atoms with van der Waals surface area (Å²) < 4.78 is 0. The second kappa shape index (κ2) is 25.5. The molecule has 0 saturated heterocycles. The van der Waals surface area contributed by atoms with Crippen LogP contribution < -0.4 is 4.90 Å². The zero-order valence-corrected chi connectivity index (χ0v) is 46.8. The molecule has 0 saturated carbocycles. The monoisotopic (exact) mass is 1050 g/mol. The van der Waals surface area contributed by atoms with Crippen LogP contribution in [0.5, 0.6) is 0 Å². The molecule has 2 aliphatic carbocycles. The third-order valence-electron chi connectivity index (χ3n) is 14.9. The molecule has 7 aromatic rings. The van der Waals surface area contributed by atoms with Crippen LogP contribution in [0.3, 0.4) is 0 Å². The molecule has 0 bridgehead atoms. The van der Waals surface area contributed by atoms with Gasteiger partial charge in [0.2, 0.25) is 0 Å². The molecule has 398 valence electrons. The Balaban J connectivity index is 0.00000356. The summed E-state index contributed by atoms with van der Waals surface area (Å²) in [6.45, 7) is 17.1. The maximum atomic E-state index is 5.32. The van der Waals surface area contributed by atoms with Crippen LogP contribution in [0.1, 0.15) is 82.1 Å². The van der Waals surface area contributed by atoms with Gasteiger partial charge in [-0.05, 0) is 158 Å². The molecule has 0 radical (unpaired) electrons. The van der Waals surface area contributed by atoms with Crippen molar-refractivity contribution < 1.29 is 0 Å². The molecule has 8 heteroatoms. The van der Waals surface area contributed by atoms with Crippen LogP contribution in [0.4, 0.5) is 17.1 Å². The summed E-state index contributed by atoms with van der Waals surface area (Å²) in [7, 11) is 2.07. The largest absolute Gasteiger partial charge is 0.334 e. The lowest BCUT2D eigenvalue weighted by atomic mass is 9.84. The van der Waals surface area contributed by atoms with E-state index in [0.717, 1.165) is 83.4 Å². The van der Waals surface area contributed by atoms with Crippen LogP contribution in [-0.4, -0.2) is 50.5 Å². The molecule has 80 heavy (non-hydrogen) atoms. The Morgan fingerprint density at radius 2 is 1.34 bits per heavy atom. The Morgan fingerprint density at radius 3 is 1.98 bits per heavy atom. The Hall–Kier alpha value is -9.27. The molecule has 0 amide bonds. The fourth-order valence-electron chi connectivity index (χ4n) is 11.1. The van der Waals surface area contributed by atoms with Crippen LogP contribution in [-0.2, 0) is 13.0 Å². The van der Waals surface area contributed by atoms with Gasteiger partial charge in [0.25, 0.3) is 0 Å². The van der Waals surface area contributed by atoms with Crippen molar-refractivity contribution in [3.63, 3.8) is 0 Å². The predicted octanol–water partition coefficient (Wildman–Crippen LogP) is 17.7. The van der Waals surface area contributed by atoms with Crippen LogP contribution in [0.2, 0.25) is 0 Å². The van der Waals surface area contributed by atoms with E-state index in [1.165, 1.54) is 56.2 Å². The lowest BCUT2D eigenvalue weighted by Gasteiger charge is -2.36. The van der Waals surface area contributed by atoms with Gasteiger partial charge >= 0.3 is 0 Å². The lowest BCUT2D eigenvalue weighted by molar-refractivity contribution is 0.426. The Bertz CT molecular complexity index is 3610. The van der Waals surface area contributed by atoms with Crippen LogP contribution in [0.15, 0.2) is 269 Å². The minimum Gasteiger partial charge on any atom is -0.334 e. The van der Waals surface area contributed by atoms with E-state index in [0.29, 0.717) is 24.0 Å². The number of aliphatic imine (C=N–C) groups is 2. The van der Waals surface area contributed by atoms with Gasteiger partial charge in [-0.2, -0.15) is 0 Å². The standard InChI is InChI=1S/C70H64N8.C2H6/c1-6-22-54(70(72-48-50-24-12-8-13-25-50)76(5)69(71-4)55-30-18-11-19-31-55)42-43-77-62(23-7-2)49(3)44-59-35-34-57(47-65(59)77)56-38-41-64-60(45-56)46-58-32-20-21-33-63(58)78(64)61-39-36-53(37-40-61)68-74-66(51-26-14-9-15-27-51)73-67(75-68)52-28-16-10-17-29-52;1-2/h6-10,12-18,20-33,36-43,45,47,69H,1,4,11,19,34-35,44,46,48H2,2-3,5H3;1-2H3/b23-7-,43-42-,54-22+,72-70?;. The van der Waals surface area contributed by atoms with Gasteiger partial charge in [0.1, 0.15) is 12.0 Å². The normalized spacial score (nSPS) is 15.6. The van der Waals surface area contributed by atoms with E-state index in [1.54, 1.807) is 0 Å². The highest BCUT2D eigenvalue weighted by atomic mass is 15.3. The molecular weight excluding hydrogens is 977 g/mol. The first-order chi connectivity index (χ1) is 39.4. The first-order valence-electron chi connectivity index (χ1n) is 28.0. The molecule has 1 unspecified atom stereocenters. The molecule has 1 aromatic heterocycles. The van der Waals surface area contributed by atoms with E-state index in [2.05, 4.69) is 200 Å². The number of para-hydroxylation sites is 1. The third kappa shape index (κ3) is 11.8. The third-order valence-corrected chi connectivity index (χ3v) is 14.9. The minimum absolute atomic E-state index is 0.305. The molecule has 8 nitrogen and oxygen atoms in total. The van der Waals surface area contributed by atoms with Crippen molar-refractivity contribution in [2.24, 2.45) is 9.98 Å². The molecule has 2 aliphatic heterocycles. The number of amidine groups is 1. The maximum absolute atomic E-state index is 5.32. The first-order valence-corrected chi connectivity index (χ1v) is 28.0. The number of nitrogens with zero attached hydrogens (tertiary/aromatic N) is 8. The summed E-state index contributed by atoms with van der Waals surface area (Å²) >= 11 is 0. The lowest BCUT2D eigenvalue weighted by Crippen LogP contribution is -2.38. The summed E-state index contributed by atoms with van der Waals surface area (Å²) in [6, 6.07) is 55.1. The summed E-state index contributed by atoms with van der Waals surface area (Å²) in [5.41, 5.74) is 19.7. The molecule has 0 spiro atoms. The number of likely N-dealkylation sites (N-methyl/N-ethyl adjacent to an activating group) is 1. The fourth-order valence-corrected chi connectivity index (χ4v) is 11.1. The van der Waals surface area contributed by atoms with E-state index >= 15 is 0 Å². The van der Waals surface area contributed by atoms with Gasteiger partial charge in [-0.25, -0.2) is 15.0 Å². The second-order valence-electron chi connectivity index (χ2n) is 20.1. The average Bonchev–Trinajstić information content (AvgIpc) is 3.63. The van der Waals surface area contributed by atoms with Gasteiger partial charge in [-0.3, -0.25) is 9.98 Å². The minimum atomic E-state index is -0.305. The smallest absolute Gasteiger partial charge is 0.164 e. The molecule has 1 atom stereocenters. The highest BCUT2D eigenvalue weighted by Crippen LogP contribution is 2.47. The summed E-state index contributed by atoms with van der Waals surface area (Å²) in [5.74, 6) is 2.73. The molecule has 0 N–H and O–H groups in total. The van der Waals surface area contributed by atoms with Crippen molar-refractivity contribution in [1.82, 2.24) is 24.8 Å². The Kier molecular flexibility index (Phi) is 17.2. The Labute approximate surface area is 473 Å². The van der Waals surface area contributed by atoms with E-state index in [1.807, 2.05) is 86.7 Å². The van der Waals surface area contributed by atoms with Gasteiger partial charge < -0.3 is 14.7 Å². The second-order valence-corrected chi connectivity index (χ2v) is 20.1. The fraction of sp³-hybridized carbons (Fsp3) is 0.181. The number of benzene rings is 6. The average molecular weight is 1050 g/mol. The molecule has 6 aromatic carbocycles. The van der Waals surface area contributed by atoms with E-state index in [4.69, 9.17) is 19.9 Å². The Morgan fingerprint density at radius 1 is 0.713 bits per heavy atom. The van der Waals surface area contributed by atoms with Gasteiger partial charge in [0.15, 0.2) is 17.5 Å². The van der Waals surface area contributed by atoms with E-state index < -0.39 is 0 Å². The number of anilines is 3. The molecule has 11 rings (SSSR count). The van der Waals surface area contributed by atoms with Crippen molar-refractivity contribution >= 4 is 35.2 Å². The van der Waals surface area contributed by atoms with Crippen molar-refractivity contribution in [3.05, 3.63) is 281 Å². The number of allylic oxidation sites excluding steroid dienone is 10. The number of fused-ring (bicyclic) bond motifs is 2. The van der Waals surface area contributed by atoms with Crippen molar-refractivity contribution in [1.29, 1.82) is 0 Å². The van der Waals surface area contributed by atoms with Crippen molar-refractivity contribution in [2.45, 2.75) is 78.9 Å². The summed E-state index contributed by atoms with van der Waals surface area (Å²) in [6.07, 6.45) is 27.2. The number of rotatable bonds is 15. The van der Waals surface area contributed by atoms with Crippen molar-refractivity contribution in [2.75, 3.05) is 11.9 Å². The maximum Gasteiger partial charge on any atom is 0.164 e. The van der Waals surface area contributed by atoms with Crippen LogP contribution >= 0.6 is 0 Å². The van der Waals surface area contributed by atoms with Gasteiger partial charge in [-0.1, -0.05) is 172 Å². The molecular formula is C72H70N8.